The van der Waals surface area contributed by atoms with Crippen molar-refractivity contribution in [3.05, 3.63) is 82.9 Å². The monoisotopic (exact) mass is 602 g/mol. The van der Waals surface area contributed by atoms with Crippen LogP contribution in [0.15, 0.2) is 55.1 Å². The predicted octanol–water partition coefficient (Wildman–Crippen LogP) is 4.03. The van der Waals surface area contributed by atoms with Crippen molar-refractivity contribution in [3.8, 4) is 39.9 Å². The van der Waals surface area contributed by atoms with Crippen LogP contribution in [0.2, 0.25) is 0 Å². The van der Waals surface area contributed by atoms with Gasteiger partial charge < -0.3 is 44.3 Å². The molecule has 0 saturated heterocycles. The maximum atomic E-state index is 11.6. The molecule has 1 aliphatic heterocycles. The molecular formula is C34H38N2O8. The van der Waals surface area contributed by atoms with Gasteiger partial charge >= 0.3 is 0 Å². The van der Waals surface area contributed by atoms with Crippen LogP contribution in [0, 0.1) is 0 Å². The SMILES string of the molecule is COc1cc(C2Oc3cc(OCCO)c4c(c3CC2O)C(CCn2ccnc2)Cc2cc(O)ccc2-4)cc(CCCO)c1O. The molecule has 0 saturated carbocycles. The van der Waals surface area contributed by atoms with Crippen LogP contribution in [0.1, 0.15) is 52.7 Å². The van der Waals surface area contributed by atoms with E-state index in [0.29, 0.717) is 48.3 Å². The molecule has 10 nitrogen and oxygen atoms in total. The summed E-state index contributed by atoms with van der Waals surface area (Å²) in [6.07, 6.45) is 6.52. The molecule has 0 spiro atoms. The number of aliphatic hydroxyl groups excluding tert-OH is 3. The van der Waals surface area contributed by atoms with Crippen LogP contribution in [0.25, 0.3) is 11.1 Å². The van der Waals surface area contributed by atoms with Crippen molar-refractivity contribution >= 4 is 0 Å². The smallest absolute Gasteiger partial charge is 0.161 e. The fourth-order valence-corrected chi connectivity index (χ4v) is 6.63. The average Bonchev–Trinajstić information content (AvgIpc) is 3.55. The normalized spacial score (nSPS) is 18.6. The highest BCUT2D eigenvalue weighted by atomic mass is 16.5. The van der Waals surface area contributed by atoms with E-state index in [1.54, 1.807) is 36.8 Å². The Morgan fingerprint density at radius 1 is 1.05 bits per heavy atom. The number of aromatic nitrogens is 2. The summed E-state index contributed by atoms with van der Waals surface area (Å²) in [4.78, 5) is 4.18. The number of fused-ring (bicyclic) bond motifs is 5. The van der Waals surface area contributed by atoms with Gasteiger partial charge in [0.2, 0.25) is 0 Å². The first-order valence-corrected chi connectivity index (χ1v) is 15.0. The molecule has 5 N–H and O–H groups in total. The second-order valence-corrected chi connectivity index (χ2v) is 11.4. The lowest BCUT2D eigenvalue weighted by Gasteiger charge is -2.38. The van der Waals surface area contributed by atoms with Gasteiger partial charge in [-0.1, -0.05) is 6.07 Å². The highest BCUT2D eigenvalue weighted by Crippen LogP contribution is 2.53. The van der Waals surface area contributed by atoms with E-state index in [1.165, 1.54) is 7.11 Å². The van der Waals surface area contributed by atoms with Crippen molar-refractivity contribution in [2.24, 2.45) is 0 Å². The van der Waals surface area contributed by atoms with E-state index >= 15 is 0 Å². The van der Waals surface area contributed by atoms with Gasteiger partial charge in [-0.05, 0) is 83.7 Å². The Labute approximate surface area is 255 Å². The van der Waals surface area contributed by atoms with Crippen molar-refractivity contribution in [1.29, 1.82) is 0 Å². The van der Waals surface area contributed by atoms with Gasteiger partial charge in [-0.3, -0.25) is 0 Å². The summed E-state index contributed by atoms with van der Waals surface area (Å²) >= 11 is 0. The number of methoxy groups -OCH3 is 1. The Balaban J connectivity index is 1.46. The first kappa shape index (κ1) is 29.8. The molecule has 1 aliphatic carbocycles. The summed E-state index contributed by atoms with van der Waals surface area (Å²) in [6, 6.07) is 10.7. The third kappa shape index (κ3) is 5.68. The molecule has 0 amide bonds. The Bertz CT molecular complexity index is 1620. The minimum absolute atomic E-state index is 0.00888. The first-order valence-electron chi connectivity index (χ1n) is 15.0. The minimum atomic E-state index is -0.897. The zero-order chi connectivity index (χ0) is 30.8. The Kier molecular flexibility index (Phi) is 8.65. The lowest BCUT2D eigenvalue weighted by Crippen LogP contribution is -2.32. The number of phenolic OH excluding ortho intramolecular Hbond substituents is 2. The molecule has 232 valence electrons. The number of phenols is 2. The molecular weight excluding hydrogens is 564 g/mol. The van der Waals surface area contributed by atoms with Gasteiger partial charge in [0, 0.05) is 49.2 Å². The van der Waals surface area contributed by atoms with E-state index in [1.807, 2.05) is 22.9 Å². The average molecular weight is 603 g/mol. The predicted molar refractivity (Wildman–Crippen MR) is 163 cm³/mol. The van der Waals surface area contributed by atoms with Gasteiger partial charge in [0.05, 0.1) is 26.1 Å². The Hall–Kier alpha value is -4.25. The van der Waals surface area contributed by atoms with Crippen LogP contribution >= 0.6 is 0 Å². The van der Waals surface area contributed by atoms with Crippen LogP contribution in [0.5, 0.6) is 28.7 Å². The van der Waals surface area contributed by atoms with E-state index in [0.717, 1.165) is 40.8 Å². The van der Waals surface area contributed by atoms with Gasteiger partial charge in [-0.15, -0.1) is 0 Å². The van der Waals surface area contributed by atoms with Gasteiger partial charge in [0.25, 0.3) is 0 Å². The number of imidazole rings is 1. The molecule has 44 heavy (non-hydrogen) atoms. The van der Waals surface area contributed by atoms with Crippen LogP contribution in [0.3, 0.4) is 0 Å². The number of hydrogen-bond acceptors (Lipinski definition) is 9. The third-order valence-corrected chi connectivity index (χ3v) is 8.62. The minimum Gasteiger partial charge on any atom is -0.508 e. The zero-order valence-corrected chi connectivity index (χ0v) is 24.6. The number of aromatic hydroxyl groups is 2. The number of rotatable bonds is 11. The van der Waals surface area contributed by atoms with Crippen molar-refractivity contribution in [2.75, 3.05) is 26.9 Å². The summed E-state index contributed by atoms with van der Waals surface area (Å²) in [6.45, 7) is 0.636. The zero-order valence-electron chi connectivity index (χ0n) is 24.6. The number of ether oxygens (including phenoxy) is 3. The second kappa shape index (κ2) is 12.8. The van der Waals surface area contributed by atoms with E-state index in [9.17, 15) is 25.5 Å². The standard InChI is InChI=1S/C34H38N2O8/c1-42-30-16-23(14-21(33(30)41)3-2-10-37)34-27(40)17-26-28(44-34)18-29(43-12-11-38)32-25-5-4-24(39)15-22(25)13-20(31(26)32)6-8-36-9-7-35-19-36/h4-5,7,9,14-16,18-20,27,34,37-41H,2-3,6,8,10-13,17H2,1H3. The van der Waals surface area contributed by atoms with Crippen LogP contribution in [0.4, 0.5) is 0 Å². The highest BCUT2D eigenvalue weighted by Gasteiger charge is 2.38. The van der Waals surface area contributed by atoms with E-state index in [-0.39, 0.29) is 43.0 Å². The molecule has 0 fully saturated rings. The second-order valence-electron chi connectivity index (χ2n) is 11.4. The number of aliphatic hydroxyl groups is 3. The van der Waals surface area contributed by atoms with E-state index < -0.39 is 12.2 Å². The van der Waals surface area contributed by atoms with Gasteiger partial charge in [0.15, 0.2) is 11.5 Å². The highest BCUT2D eigenvalue weighted by molar-refractivity contribution is 5.83. The molecule has 0 bridgehead atoms. The van der Waals surface area contributed by atoms with Crippen molar-refractivity contribution in [3.63, 3.8) is 0 Å². The lowest BCUT2D eigenvalue weighted by atomic mass is 9.73. The first-order chi connectivity index (χ1) is 21.4. The summed E-state index contributed by atoms with van der Waals surface area (Å²) in [5, 5.41) is 51.6. The van der Waals surface area contributed by atoms with Crippen molar-refractivity contribution in [2.45, 2.75) is 56.8 Å². The molecule has 6 rings (SSSR count). The summed E-state index contributed by atoms with van der Waals surface area (Å²) < 4.78 is 20.2. The number of hydrogen-bond donors (Lipinski definition) is 5. The van der Waals surface area contributed by atoms with Gasteiger partial charge in [0.1, 0.15) is 30.0 Å². The van der Waals surface area contributed by atoms with Crippen LogP contribution in [-0.2, 0) is 25.8 Å². The molecule has 3 unspecified atom stereocenters. The largest absolute Gasteiger partial charge is 0.508 e. The van der Waals surface area contributed by atoms with Crippen LogP contribution in [-0.4, -0.2) is 68.1 Å². The lowest BCUT2D eigenvalue weighted by molar-refractivity contribution is 0.0199. The molecule has 1 aromatic heterocycles. The summed E-state index contributed by atoms with van der Waals surface area (Å²) in [7, 11) is 1.47. The third-order valence-electron chi connectivity index (χ3n) is 8.62. The fourth-order valence-electron chi connectivity index (χ4n) is 6.63. The Morgan fingerprint density at radius 2 is 1.91 bits per heavy atom. The quantitative estimate of drug-likeness (QED) is 0.172. The van der Waals surface area contributed by atoms with Crippen molar-refractivity contribution < 1.29 is 39.7 Å². The number of nitrogens with zero attached hydrogens (tertiary/aromatic N) is 2. The molecule has 10 heteroatoms. The molecule has 2 heterocycles. The van der Waals surface area contributed by atoms with Gasteiger partial charge in [-0.25, -0.2) is 4.98 Å². The number of aryl methyl sites for hydroxylation is 2. The van der Waals surface area contributed by atoms with Crippen LogP contribution < -0.4 is 14.2 Å². The fraction of sp³-hybridized carbons (Fsp3) is 0.382. The van der Waals surface area contributed by atoms with Crippen molar-refractivity contribution in [1.82, 2.24) is 9.55 Å². The van der Waals surface area contributed by atoms with E-state index in [2.05, 4.69) is 4.98 Å². The van der Waals surface area contributed by atoms with E-state index in [4.69, 9.17) is 14.2 Å². The number of benzene rings is 3. The van der Waals surface area contributed by atoms with Gasteiger partial charge in [-0.2, -0.15) is 0 Å². The summed E-state index contributed by atoms with van der Waals surface area (Å²) in [5.74, 6) is 1.66. The molecule has 3 aromatic carbocycles. The molecule has 2 aliphatic rings. The maximum absolute atomic E-state index is 11.6. The topological polar surface area (TPSA) is 147 Å². The maximum Gasteiger partial charge on any atom is 0.161 e. The molecule has 0 radical (unpaired) electrons. The molecule has 3 atom stereocenters. The Morgan fingerprint density at radius 3 is 2.66 bits per heavy atom. The molecule has 4 aromatic rings. The summed E-state index contributed by atoms with van der Waals surface area (Å²) in [5.41, 5.74) is 6.04.